The Labute approximate surface area is 176 Å². The van der Waals surface area contributed by atoms with E-state index in [4.69, 9.17) is 5.73 Å². The zero-order valence-corrected chi connectivity index (χ0v) is 16.6. The fourth-order valence-corrected chi connectivity index (χ4v) is 2.51. The van der Waals surface area contributed by atoms with Gasteiger partial charge in [0.1, 0.15) is 0 Å². The lowest BCUT2D eigenvalue weighted by molar-refractivity contribution is -0.154. The van der Waals surface area contributed by atoms with Crippen LogP contribution in [-0.2, 0) is 4.79 Å². The molecular formula is C20H21F3N4O4. The van der Waals surface area contributed by atoms with Gasteiger partial charge in [-0.25, -0.2) is 4.98 Å². The van der Waals surface area contributed by atoms with Crippen LogP contribution in [0.4, 0.5) is 18.9 Å². The van der Waals surface area contributed by atoms with Crippen LogP contribution in [0.5, 0.6) is 5.88 Å². The number of halogens is 3. The van der Waals surface area contributed by atoms with Crippen LogP contribution in [0.1, 0.15) is 34.1 Å². The summed E-state index contributed by atoms with van der Waals surface area (Å²) in [6.07, 6.45) is -3.35. The minimum absolute atomic E-state index is 0.0113. The molecule has 31 heavy (non-hydrogen) atoms. The number of hydrogen-bond acceptors (Lipinski definition) is 5. The third kappa shape index (κ3) is 7.61. The summed E-state index contributed by atoms with van der Waals surface area (Å²) in [4.78, 5) is 40.9. The number of nitrogens with zero attached hydrogens (tertiary/aromatic N) is 2. The first-order valence-corrected chi connectivity index (χ1v) is 9.23. The molecule has 0 saturated carbocycles. The number of nitrogens with two attached hydrogens (primary N) is 1. The van der Waals surface area contributed by atoms with Crippen molar-refractivity contribution in [2.75, 3.05) is 25.0 Å². The molecule has 0 fully saturated rings. The van der Waals surface area contributed by atoms with Crippen LogP contribution in [0.25, 0.3) is 0 Å². The molecule has 0 bridgehead atoms. The number of benzene rings is 1. The van der Waals surface area contributed by atoms with Gasteiger partial charge in [0.2, 0.25) is 17.7 Å². The van der Waals surface area contributed by atoms with Crippen LogP contribution in [0.2, 0.25) is 0 Å². The highest BCUT2D eigenvalue weighted by molar-refractivity contribution is 5.96. The first-order valence-electron chi connectivity index (χ1n) is 9.23. The zero-order valence-electron chi connectivity index (χ0n) is 16.6. The summed E-state index contributed by atoms with van der Waals surface area (Å²) in [5.41, 5.74) is 6.10. The van der Waals surface area contributed by atoms with Crippen molar-refractivity contribution >= 4 is 23.4 Å². The van der Waals surface area contributed by atoms with Crippen molar-refractivity contribution in [1.29, 1.82) is 0 Å². The summed E-state index contributed by atoms with van der Waals surface area (Å²) in [6.45, 7) is 0.681. The first kappa shape index (κ1) is 23.6. The van der Waals surface area contributed by atoms with Gasteiger partial charge in [-0.1, -0.05) is 0 Å². The van der Waals surface area contributed by atoms with Crippen LogP contribution in [-0.4, -0.2) is 53.5 Å². The number of carbonyl (C=O) groups excluding carboxylic acids is 3. The highest BCUT2D eigenvalue weighted by Gasteiger charge is 2.28. The molecule has 3 N–H and O–H groups in total. The number of primary amides is 1. The average molecular weight is 438 g/mol. The number of nitrogens with one attached hydrogen (secondary N) is 1. The van der Waals surface area contributed by atoms with Gasteiger partial charge in [0, 0.05) is 43.0 Å². The van der Waals surface area contributed by atoms with Crippen LogP contribution in [0.3, 0.4) is 0 Å². The third-order valence-electron chi connectivity index (χ3n) is 4.10. The summed E-state index contributed by atoms with van der Waals surface area (Å²) in [6, 6.07) is 8.52. The lowest BCUT2D eigenvalue weighted by Crippen LogP contribution is -2.33. The molecule has 3 amide bonds. The quantitative estimate of drug-likeness (QED) is 0.625. The van der Waals surface area contributed by atoms with E-state index in [0.29, 0.717) is 17.8 Å². The van der Waals surface area contributed by atoms with E-state index in [0.717, 1.165) is 6.20 Å². The Hall–Kier alpha value is -3.63. The zero-order chi connectivity index (χ0) is 23.0. The van der Waals surface area contributed by atoms with Gasteiger partial charge in [0.25, 0.3) is 5.91 Å². The number of hydrogen-bond donors (Lipinski definition) is 2. The number of ether oxygens (including phenoxy) is 1. The van der Waals surface area contributed by atoms with Gasteiger partial charge < -0.3 is 20.7 Å². The van der Waals surface area contributed by atoms with Gasteiger partial charge in [0.15, 0.2) is 6.61 Å². The lowest BCUT2D eigenvalue weighted by atomic mass is 10.2. The van der Waals surface area contributed by atoms with Crippen LogP contribution in [0.15, 0.2) is 42.6 Å². The number of carbonyl (C=O) groups is 3. The summed E-state index contributed by atoms with van der Waals surface area (Å²) in [5.74, 6) is -1.59. The summed E-state index contributed by atoms with van der Waals surface area (Å²) >= 11 is 0. The second kappa shape index (κ2) is 10.4. The fraction of sp³-hybridized carbons (Fsp3) is 0.300. The predicted octanol–water partition coefficient (Wildman–Crippen LogP) is 2.61. The summed E-state index contributed by atoms with van der Waals surface area (Å²) in [5, 5.41) is 2.65. The van der Waals surface area contributed by atoms with Crippen molar-refractivity contribution in [3.05, 3.63) is 53.7 Å². The highest BCUT2D eigenvalue weighted by Crippen LogP contribution is 2.17. The third-order valence-corrected chi connectivity index (χ3v) is 4.10. The molecule has 0 atom stereocenters. The van der Waals surface area contributed by atoms with E-state index < -0.39 is 24.6 Å². The molecule has 11 heteroatoms. The van der Waals surface area contributed by atoms with E-state index in [1.807, 2.05) is 0 Å². The molecule has 0 aliphatic rings. The summed E-state index contributed by atoms with van der Waals surface area (Å²) < 4.78 is 41.0. The molecular weight excluding hydrogens is 417 g/mol. The van der Waals surface area contributed by atoms with Crippen molar-refractivity contribution in [2.45, 2.75) is 19.5 Å². The van der Waals surface area contributed by atoms with E-state index in [1.165, 1.54) is 41.3 Å². The molecule has 0 aliphatic heterocycles. The Bertz CT molecular complexity index is 916. The molecule has 166 valence electrons. The van der Waals surface area contributed by atoms with Crippen LogP contribution >= 0.6 is 0 Å². The van der Waals surface area contributed by atoms with Crippen molar-refractivity contribution in [2.24, 2.45) is 5.73 Å². The number of anilines is 1. The van der Waals surface area contributed by atoms with Gasteiger partial charge in [-0.2, -0.15) is 13.2 Å². The van der Waals surface area contributed by atoms with Crippen molar-refractivity contribution in [3.63, 3.8) is 0 Å². The standard InChI is InChI=1S/C20H21F3N4O4/c1-2-27(10-9-16(28)26-15-6-3-13(4-7-15)18(24)29)19(30)14-5-8-17(25-11-14)31-12-20(21,22)23/h3-8,11H,2,9-10,12H2,1H3,(H2,24,29)(H,26,28). The van der Waals surface area contributed by atoms with Crippen LogP contribution < -0.4 is 15.8 Å². The largest absolute Gasteiger partial charge is 0.468 e. The number of aromatic nitrogens is 1. The number of rotatable bonds is 9. The maximum absolute atomic E-state index is 12.6. The van der Waals surface area contributed by atoms with E-state index in [-0.39, 0.29) is 30.3 Å². The predicted molar refractivity (Wildman–Crippen MR) is 106 cm³/mol. The number of amides is 3. The van der Waals surface area contributed by atoms with E-state index in [1.54, 1.807) is 6.92 Å². The highest BCUT2D eigenvalue weighted by atomic mass is 19.4. The van der Waals surface area contributed by atoms with Gasteiger partial charge in [-0.05, 0) is 37.3 Å². The monoisotopic (exact) mass is 438 g/mol. The minimum atomic E-state index is -4.49. The molecule has 0 radical (unpaired) electrons. The first-order chi connectivity index (χ1) is 14.6. The van der Waals surface area contributed by atoms with Gasteiger partial charge in [-0.3, -0.25) is 14.4 Å². The molecule has 2 rings (SSSR count). The fourth-order valence-electron chi connectivity index (χ4n) is 2.51. The van der Waals surface area contributed by atoms with E-state index >= 15 is 0 Å². The van der Waals surface area contributed by atoms with Crippen molar-refractivity contribution in [1.82, 2.24) is 9.88 Å². The topological polar surface area (TPSA) is 115 Å². The molecule has 0 aliphatic carbocycles. The number of pyridine rings is 1. The molecule has 1 aromatic carbocycles. The Kier molecular flexibility index (Phi) is 7.94. The van der Waals surface area contributed by atoms with Gasteiger partial charge in [0.05, 0.1) is 5.56 Å². The Morgan fingerprint density at radius 2 is 1.74 bits per heavy atom. The molecule has 0 saturated heterocycles. The SMILES string of the molecule is CCN(CCC(=O)Nc1ccc(C(N)=O)cc1)C(=O)c1ccc(OCC(F)(F)F)nc1. The Balaban J connectivity index is 1.89. The molecule has 1 heterocycles. The Morgan fingerprint density at radius 3 is 2.26 bits per heavy atom. The molecule has 0 unspecified atom stereocenters. The minimum Gasteiger partial charge on any atom is -0.468 e. The molecule has 0 spiro atoms. The van der Waals surface area contributed by atoms with Crippen molar-refractivity contribution < 1.29 is 32.3 Å². The normalized spacial score (nSPS) is 11.0. The van der Waals surface area contributed by atoms with Crippen molar-refractivity contribution in [3.8, 4) is 5.88 Å². The van der Waals surface area contributed by atoms with Crippen LogP contribution in [0, 0.1) is 0 Å². The second-order valence-corrected chi connectivity index (χ2v) is 6.41. The Morgan fingerprint density at radius 1 is 1.10 bits per heavy atom. The number of alkyl halides is 3. The maximum atomic E-state index is 12.6. The van der Waals surface area contributed by atoms with E-state index in [2.05, 4.69) is 15.0 Å². The average Bonchev–Trinajstić information content (AvgIpc) is 2.72. The lowest BCUT2D eigenvalue weighted by Gasteiger charge is -2.20. The maximum Gasteiger partial charge on any atom is 0.422 e. The molecule has 1 aromatic heterocycles. The second-order valence-electron chi connectivity index (χ2n) is 6.41. The van der Waals surface area contributed by atoms with E-state index in [9.17, 15) is 27.6 Å². The molecule has 2 aromatic rings. The summed E-state index contributed by atoms with van der Waals surface area (Å²) in [7, 11) is 0. The molecule has 8 nitrogen and oxygen atoms in total. The van der Waals surface area contributed by atoms with Gasteiger partial charge >= 0.3 is 6.18 Å². The smallest absolute Gasteiger partial charge is 0.422 e. The van der Waals surface area contributed by atoms with Gasteiger partial charge in [-0.15, -0.1) is 0 Å².